The second-order valence-corrected chi connectivity index (χ2v) is 5.08. The Labute approximate surface area is 122 Å². The Morgan fingerprint density at radius 1 is 1.25 bits per heavy atom. The minimum Gasteiger partial charge on any atom is -0.478 e. The maximum atomic E-state index is 11.3. The zero-order chi connectivity index (χ0) is 14.9. The molecule has 0 saturated carbocycles. The van der Waals surface area contributed by atoms with Crippen molar-refractivity contribution in [3.05, 3.63) is 52.0 Å². The fourth-order valence-electron chi connectivity index (χ4n) is 2.01. The Bertz CT molecular complexity index is 684. The van der Waals surface area contributed by atoms with Crippen molar-refractivity contribution >= 4 is 34.6 Å². The van der Waals surface area contributed by atoms with Gasteiger partial charge in [-0.3, -0.25) is 0 Å². The zero-order valence-electron chi connectivity index (χ0n) is 11.2. The number of hydrogen-bond donors (Lipinski definition) is 3. The summed E-state index contributed by atoms with van der Waals surface area (Å²) in [5, 5.41) is 12.6. The van der Waals surface area contributed by atoms with Gasteiger partial charge in [0.15, 0.2) is 0 Å². The summed E-state index contributed by atoms with van der Waals surface area (Å²) >= 11 is 6.11. The molecule has 2 aromatic rings. The molecule has 0 atom stereocenters. The van der Waals surface area contributed by atoms with E-state index < -0.39 is 5.97 Å². The highest BCUT2D eigenvalue weighted by molar-refractivity contribution is 6.34. The van der Waals surface area contributed by atoms with E-state index in [0.717, 1.165) is 16.8 Å². The predicted octanol–water partition coefficient (Wildman–Crippen LogP) is 3.98. The molecule has 4 nitrogen and oxygen atoms in total. The summed E-state index contributed by atoms with van der Waals surface area (Å²) in [6.45, 7) is 3.94. The van der Waals surface area contributed by atoms with Crippen LogP contribution in [0.4, 0.5) is 17.1 Å². The number of nitrogen functional groups attached to an aromatic ring is 1. The van der Waals surface area contributed by atoms with Gasteiger partial charge in [0.05, 0.1) is 16.3 Å². The molecule has 104 valence electrons. The zero-order valence-corrected chi connectivity index (χ0v) is 12.0. The second kappa shape index (κ2) is 5.43. The van der Waals surface area contributed by atoms with Gasteiger partial charge in [-0.05, 0) is 37.6 Å². The molecule has 0 aliphatic heterocycles. The van der Waals surface area contributed by atoms with Crippen molar-refractivity contribution in [1.29, 1.82) is 0 Å². The van der Waals surface area contributed by atoms with E-state index in [1.807, 2.05) is 32.0 Å². The molecule has 0 saturated heterocycles. The molecule has 2 rings (SSSR count). The van der Waals surface area contributed by atoms with Crippen molar-refractivity contribution < 1.29 is 9.90 Å². The van der Waals surface area contributed by atoms with E-state index in [-0.39, 0.29) is 10.6 Å². The first-order valence-electron chi connectivity index (χ1n) is 6.05. The van der Waals surface area contributed by atoms with Crippen molar-refractivity contribution in [2.45, 2.75) is 13.8 Å². The monoisotopic (exact) mass is 290 g/mol. The topological polar surface area (TPSA) is 75.3 Å². The van der Waals surface area contributed by atoms with Crippen LogP contribution in [0.15, 0.2) is 30.3 Å². The van der Waals surface area contributed by atoms with Gasteiger partial charge in [-0.15, -0.1) is 0 Å². The van der Waals surface area contributed by atoms with Gasteiger partial charge >= 0.3 is 5.97 Å². The van der Waals surface area contributed by atoms with Crippen LogP contribution in [0.25, 0.3) is 0 Å². The Kier molecular flexibility index (Phi) is 3.86. The highest BCUT2D eigenvalue weighted by Crippen LogP contribution is 2.33. The molecule has 0 fully saturated rings. The SMILES string of the molecule is Cc1ccc(Nc2c(Cl)cc(N)cc2C(=O)O)c(C)c1. The third-order valence-electron chi connectivity index (χ3n) is 2.98. The number of carboxylic acid groups (broad SMARTS) is 1. The lowest BCUT2D eigenvalue weighted by molar-refractivity contribution is 0.0698. The van der Waals surface area contributed by atoms with Crippen LogP contribution in [0.3, 0.4) is 0 Å². The summed E-state index contributed by atoms with van der Waals surface area (Å²) in [7, 11) is 0. The highest BCUT2D eigenvalue weighted by atomic mass is 35.5. The van der Waals surface area contributed by atoms with Gasteiger partial charge in [-0.25, -0.2) is 4.79 Å². The standard InChI is InChI=1S/C15H15ClN2O2/c1-8-3-4-13(9(2)5-8)18-14-11(15(19)20)6-10(17)7-12(14)16/h3-7,18H,17H2,1-2H3,(H,19,20). The number of aromatic carboxylic acids is 1. The van der Waals surface area contributed by atoms with Crippen molar-refractivity contribution in [3.8, 4) is 0 Å². The molecule has 0 aliphatic rings. The summed E-state index contributed by atoms with van der Waals surface area (Å²) in [4.78, 5) is 11.3. The minimum absolute atomic E-state index is 0.0509. The van der Waals surface area contributed by atoms with E-state index in [1.165, 1.54) is 12.1 Å². The normalized spacial score (nSPS) is 10.3. The Hall–Kier alpha value is -2.20. The molecule has 0 aliphatic carbocycles. The number of benzene rings is 2. The number of anilines is 3. The van der Waals surface area contributed by atoms with Crippen LogP contribution in [0.5, 0.6) is 0 Å². The fraction of sp³-hybridized carbons (Fsp3) is 0.133. The average Bonchev–Trinajstić information content (AvgIpc) is 2.34. The number of nitrogens with one attached hydrogen (secondary N) is 1. The third-order valence-corrected chi connectivity index (χ3v) is 3.28. The van der Waals surface area contributed by atoms with E-state index in [0.29, 0.717) is 11.4 Å². The van der Waals surface area contributed by atoms with Gasteiger partial charge < -0.3 is 16.2 Å². The molecule has 20 heavy (non-hydrogen) atoms. The molecule has 0 unspecified atom stereocenters. The van der Waals surface area contributed by atoms with Crippen molar-refractivity contribution in [2.24, 2.45) is 0 Å². The predicted molar refractivity (Wildman–Crippen MR) is 82.0 cm³/mol. The quantitative estimate of drug-likeness (QED) is 0.747. The van der Waals surface area contributed by atoms with Gasteiger partial charge in [0.25, 0.3) is 0 Å². The molecule has 2 aromatic carbocycles. The first-order chi connectivity index (χ1) is 9.38. The summed E-state index contributed by atoms with van der Waals surface area (Å²) in [6, 6.07) is 8.76. The first kappa shape index (κ1) is 14.2. The fourth-order valence-corrected chi connectivity index (χ4v) is 2.29. The van der Waals surface area contributed by atoms with E-state index in [4.69, 9.17) is 17.3 Å². The number of halogens is 1. The molecule has 0 heterocycles. The lowest BCUT2D eigenvalue weighted by Gasteiger charge is -2.14. The van der Waals surface area contributed by atoms with Crippen LogP contribution >= 0.6 is 11.6 Å². The first-order valence-corrected chi connectivity index (χ1v) is 6.43. The summed E-state index contributed by atoms with van der Waals surface area (Å²) in [6.07, 6.45) is 0. The third kappa shape index (κ3) is 2.86. The molecule has 0 aromatic heterocycles. The van der Waals surface area contributed by atoms with Crippen molar-refractivity contribution in [2.75, 3.05) is 11.1 Å². The molecule has 0 spiro atoms. The summed E-state index contributed by atoms with van der Waals surface area (Å²) in [5.41, 5.74) is 9.30. The van der Waals surface area contributed by atoms with Crippen molar-refractivity contribution in [1.82, 2.24) is 0 Å². The lowest BCUT2D eigenvalue weighted by atomic mass is 10.1. The smallest absolute Gasteiger partial charge is 0.337 e. The average molecular weight is 291 g/mol. The Morgan fingerprint density at radius 3 is 2.55 bits per heavy atom. The van der Waals surface area contributed by atoms with Gasteiger partial charge in [0.2, 0.25) is 0 Å². The number of rotatable bonds is 3. The van der Waals surface area contributed by atoms with Crippen LogP contribution < -0.4 is 11.1 Å². The highest BCUT2D eigenvalue weighted by Gasteiger charge is 2.15. The minimum atomic E-state index is -1.08. The van der Waals surface area contributed by atoms with Gasteiger partial charge in [0.1, 0.15) is 0 Å². The number of carbonyl (C=O) groups is 1. The maximum absolute atomic E-state index is 11.3. The van der Waals surface area contributed by atoms with Gasteiger partial charge in [-0.1, -0.05) is 29.3 Å². The Morgan fingerprint density at radius 2 is 1.95 bits per heavy atom. The van der Waals surface area contributed by atoms with E-state index in [1.54, 1.807) is 0 Å². The number of nitrogens with two attached hydrogens (primary N) is 1. The largest absolute Gasteiger partial charge is 0.478 e. The van der Waals surface area contributed by atoms with E-state index in [2.05, 4.69) is 5.32 Å². The van der Waals surface area contributed by atoms with Crippen LogP contribution in [-0.2, 0) is 0 Å². The Balaban J connectivity index is 2.50. The number of aryl methyl sites for hydroxylation is 2. The van der Waals surface area contributed by atoms with E-state index in [9.17, 15) is 9.90 Å². The lowest BCUT2D eigenvalue weighted by Crippen LogP contribution is -2.05. The van der Waals surface area contributed by atoms with Gasteiger partial charge in [-0.2, -0.15) is 0 Å². The molecule has 5 heteroatoms. The summed E-state index contributed by atoms with van der Waals surface area (Å²) in [5.74, 6) is -1.08. The van der Waals surface area contributed by atoms with Crippen LogP contribution in [-0.4, -0.2) is 11.1 Å². The number of carboxylic acids is 1. The molecular formula is C15H15ClN2O2. The molecule has 0 bridgehead atoms. The molecule has 0 radical (unpaired) electrons. The van der Waals surface area contributed by atoms with E-state index >= 15 is 0 Å². The van der Waals surface area contributed by atoms with Crippen LogP contribution in [0.1, 0.15) is 21.5 Å². The number of hydrogen-bond acceptors (Lipinski definition) is 3. The summed E-state index contributed by atoms with van der Waals surface area (Å²) < 4.78 is 0. The second-order valence-electron chi connectivity index (χ2n) is 4.67. The molecular weight excluding hydrogens is 276 g/mol. The van der Waals surface area contributed by atoms with Crippen LogP contribution in [0.2, 0.25) is 5.02 Å². The molecule has 0 amide bonds. The van der Waals surface area contributed by atoms with Gasteiger partial charge in [0, 0.05) is 11.4 Å². The van der Waals surface area contributed by atoms with Crippen molar-refractivity contribution in [3.63, 3.8) is 0 Å². The maximum Gasteiger partial charge on any atom is 0.337 e. The van der Waals surface area contributed by atoms with Crippen LogP contribution in [0, 0.1) is 13.8 Å². The molecule has 4 N–H and O–H groups in total.